The van der Waals surface area contributed by atoms with Gasteiger partial charge in [-0.2, -0.15) is 18.2 Å². The van der Waals surface area contributed by atoms with Gasteiger partial charge < -0.3 is 15.2 Å². The Morgan fingerprint density at radius 3 is 2.55 bits per heavy atom. The number of nitrogens with zero attached hydrogens (tertiary/aromatic N) is 5. The number of hydrogen-bond donors (Lipinski definition) is 2. The largest absolute Gasteiger partial charge is 0.421 e. The maximum atomic E-state index is 13.7. The molecule has 0 atom stereocenters. The van der Waals surface area contributed by atoms with Crippen LogP contribution in [0, 0.1) is 0 Å². The van der Waals surface area contributed by atoms with Crippen LogP contribution in [-0.2, 0) is 25.7 Å². The van der Waals surface area contributed by atoms with E-state index in [1.807, 2.05) is 24.3 Å². The molecule has 0 unspecified atom stereocenters. The number of H-pyrrole nitrogens is 1. The van der Waals surface area contributed by atoms with Crippen LogP contribution in [0.15, 0.2) is 36.8 Å². The Morgan fingerprint density at radius 1 is 1.00 bits per heavy atom. The van der Waals surface area contributed by atoms with Crippen molar-refractivity contribution in [2.75, 3.05) is 29.9 Å². The number of fused-ring (bicyclic) bond motifs is 1. The summed E-state index contributed by atoms with van der Waals surface area (Å²) in [6, 6.07) is 7.90. The first-order chi connectivity index (χ1) is 16.0. The number of piperidine rings is 1. The van der Waals surface area contributed by atoms with Crippen molar-refractivity contribution >= 4 is 17.5 Å². The predicted octanol–water partition coefficient (Wildman–Crippen LogP) is 4.51. The number of imidazole rings is 1. The summed E-state index contributed by atoms with van der Waals surface area (Å²) in [4.78, 5) is 19.5. The Bertz CT molecular complexity index is 1090. The molecule has 0 spiro atoms. The second kappa shape index (κ2) is 9.01. The van der Waals surface area contributed by atoms with E-state index in [2.05, 4.69) is 30.2 Å². The number of alkyl halides is 3. The molecule has 2 N–H and O–H groups in total. The van der Waals surface area contributed by atoms with Crippen molar-refractivity contribution in [1.29, 1.82) is 0 Å². The maximum Gasteiger partial charge on any atom is 0.421 e. The van der Waals surface area contributed by atoms with Crippen LogP contribution in [0.1, 0.15) is 41.8 Å². The average molecular weight is 458 g/mol. The Labute approximate surface area is 190 Å². The van der Waals surface area contributed by atoms with E-state index in [1.54, 1.807) is 11.2 Å². The van der Waals surface area contributed by atoms with Gasteiger partial charge in [0.15, 0.2) is 0 Å². The summed E-state index contributed by atoms with van der Waals surface area (Å²) < 4.78 is 41.1. The third kappa shape index (κ3) is 4.95. The van der Waals surface area contributed by atoms with E-state index in [4.69, 9.17) is 0 Å². The molecule has 1 saturated heterocycles. The lowest BCUT2D eigenvalue weighted by atomic mass is 10.1. The second-order valence-electron chi connectivity index (χ2n) is 8.59. The van der Waals surface area contributed by atoms with Crippen LogP contribution in [0.5, 0.6) is 0 Å². The fourth-order valence-corrected chi connectivity index (χ4v) is 4.47. The Morgan fingerprint density at radius 2 is 1.79 bits per heavy atom. The maximum absolute atomic E-state index is 13.7. The molecular weight excluding hydrogens is 431 g/mol. The summed E-state index contributed by atoms with van der Waals surface area (Å²) in [5.74, 6) is 0.0131. The zero-order valence-electron chi connectivity index (χ0n) is 18.2. The van der Waals surface area contributed by atoms with Crippen LogP contribution in [0.25, 0.3) is 0 Å². The summed E-state index contributed by atoms with van der Waals surface area (Å²) in [5.41, 5.74) is 2.80. The fraction of sp³-hybridized carbons (Fsp3) is 0.435. The minimum absolute atomic E-state index is 0.123. The van der Waals surface area contributed by atoms with Gasteiger partial charge in [0.1, 0.15) is 11.4 Å². The van der Waals surface area contributed by atoms with Gasteiger partial charge in [0.25, 0.3) is 0 Å². The third-order valence-corrected chi connectivity index (χ3v) is 6.21. The second-order valence-corrected chi connectivity index (χ2v) is 8.59. The van der Waals surface area contributed by atoms with Crippen LogP contribution < -0.4 is 10.2 Å². The molecule has 2 aromatic heterocycles. The van der Waals surface area contributed by atoms with E-state index in [9.17, 15) is 13.2 Å². The lowest BCUT2D eigenvalue weighted by Crippen LogP contribution is -2.33. The number of nitrogens with one attached hydrogen (secondary N) is 2. The van der Waals surface area contributed by atoms with Crippen molar-refractivity contribution in [1.82, 2.24) is 24.8 Å². The molecule has 0 aliphatic carbocycles. The van der Waals surface area contributed by atoms with Gasteiger partial charge in [-0.25, -0.2) is 9.97 Å². The minimum atomic E-state index is -4.54. The highest BCUT2D eigenvalue weighted by Crippen LogP contribution is 2.37. The predicted molar refractivity (Wildman–Crippen MR) is 119 cm³/mol. The summed E-state index contributed by atoms with van der Waals surface area (Å²) in [5, 5.41) is 3.06. The van der Waals surface area contributed by atoms with Crippen molar-refractivity contribution in [2.45, 2.75) is 44.9 Å². The Balaban J connectivity index is 1.34. The first-order valence-electron chi connectivity index (χ1n) is 11.2. The van der Waals surface area contributed by atoms with E-state index >= 15 is 0 Å². The molecular formula is C23H26F3N7. The molecule has 5 rings (SSSR count). The van der Waals surface area contributed by atoms with Gasteiger partial charge in [-0.3, -0.25) is 4.90 Å². The van der Waals surface area contributed by atoms with E-state index in [-0.39, 0.29) is 11.8 Å². The highest BCUT2D eigenvalue weighted by atomic mass is 19.4. The van der Waals surface area contributed by atoms with Gasteiger partial charge in [-0.05, 0) is 43.6 Å². The van der Waals surface area contributed by atoms with Gasteiger partial charge in [-0.1, -0.05) is 18.6 Å². The summed E-state index contributed by atoms with van der Waals surface area (Å²) in [6.07, 6.45) is 2.23. The molecule has 4 heterocycles. The molecule has 1 fully saturated rings. The summed E-state index contributed by atoms with van der Waals surface area (Å²) >= 11 is 0. The molecule has 33 heavy (non-hydrogen) atoms. The quantitative estimate of drug-likeness (QED) is 0.587. The monoisotopic (exact) mass is 457 g/mol. The van der Waals surface area contributed by atoms with Crippen LogP contribution in [0.2, 0.25) is 0 Å². The van der Waals surface area contributed by atoms with Gasteiger partial charge in [0, 0.05) is 31.4 Å². The van der Waals surface area contributed by atoms with Crippen LogP contribution in [-0.4, -0.2) is 44.5 Å². The van der Waals surface area contributed by atoms with E-state index in [0.717, 1.165) is 42.9 Å². The smallest absolute Gasteiger partial charge is 0.350 e. The van der Waals surface area contributed by atoms with Gasteiger partial charge in [-0.15, -0.1) is 0 Å². The van der Waals surface area contributed by atoms with E-state index in [1.165, 1.54) is 24.8 Å². The average Bonchev–Trinajstić information content (AvgIpc) is 3.28. The Hall–Kier alpha value is -3.14. The number of halogens is 3. The van der Waals surface area contributed by atoms with Gasteiger partial charge in [0.2, 0.25) is 5.95 Å². The normalized spacial score (nSPS) is 17.1. The molecule has 7 nitrogen and oxygen atoms in total. The highest BCUT2D eigenvalue weighted by molar-refractivity contribution is 5.58. The third-order valence-electron chi connectivity index (χ3n) is 6.21. The van der Waals surface area contributed by atoms with Gasteiger partial charge >= 0.3 is 6.18 Å². The molecule has 0 radical (unpaired) electrons. The minimum Gasteiger partial charge on any atom is -0.350 e. The first-order valence-corrected chi connectivity index (χ1v) is 11.2. The zero-order valence-corrected chi connectivity index (χ0v) is 18.2. The first kappa shape index (κ1) is 21.7. The molecule has 0 bridgehead atoms. The van der Waals surface area contributed by atoms with Crippen LogP contribution >= 0.6 is 0 Å². The van der Waals surface area contributed by atoms with E-state index in [0.29, 0.717) is 19.5 Å². The van der Waals surface area contributed by atoms with Gasteiger partial charge in [0.05, 0.1) is 24.3 Å². The molecule has 174 valence electrons. The Kier molecular flexibility index (Phi) is 5.92. The molecule has 3 aromatic rings. The van der Waals surface area contributed by atoms with Crippen molar-refractivity contribution in [3.05, 3.63) is 59.3 Å². The number of aromatic nitrogens is 4. The molecule has 10 heteroatoms. The summed E-state index contributed by atoms with van der Waals surface area (Å²) in [6.45, 7) is 3.85. The number of benzene rings is 1. The molecule has 2 aliphatic rings. The molecule has 2 aliphatic heterocycles. The topological polar surface area (TPSA) is 73.0 Å². The van der Waals surface area contributed by atoms with Crippen LogP contribution in [0.3, 0.4) is 0 Å². The van der Waals surface area contributed by atoms with Crippen LogP contribution in [0.4, 0.5) is 30.6 Å². The molecule has 0 amide bonds. The molecule has 1 aromatic carbocycles. The van der Waals surface area contributed by atoms with Crippen molar-refractivity contribution < 1.29 is 13.2 Å². The van der Waals surface area contributed by atoms with E-state index < -0.39 is 11.7 Å². The standard InChI is InChI=1S/C23H26F3N7/c24-23(25,26)18-12-27-22(31-21(18)33-11-8-19-20(14-33)29-15-28-19)30-17-6-4-16(5-7-17)13-32-9-2-1-3-10-32/h4-7,12,15H,1-3,8-11,13-14H2,(H,28,29)(H,27,30,31). The van der Waals surface area contributed by atoms with Crippen molar-refractivity contribution in [2.24, 2.45) is 0 Å². The number of likely N-dealkylation sites (tertiary alicyclic amines) is 1. The number of anilines is 3. The fourth-order valence-electron chi connectivity index (χ4n) is 4.47. The number of rotatable bonds is 5. The highest BCUT2D eigenvalue weighted by Gasteiger charge is 2.37. The lowest BCUT2D eigenvalue weighted by Gasteiger charge is -2.29. The SMILES string of the molecule is FC(F)(F)c1cnc(Nc2ccc(CN3CCCCC3)cc2)nc1N1CCc2nc[nH]c2C1. The van der Waals surface area contributed by atoms with Crippen molar-refractivity contribution in [3.63, 3.8) is 0 Å². The van der Waals surface area contributed by atoms with Crippen molar-refractivity contribution in [3.8, 4) is 0 Å². The lowest BCUT2D eigenvalue weighted by molar-refractivity contribution is -0.137. The zero-order chi connectivity index (χ0) is 22.8. The number of hydrogen-bond acceptors (Lipinski definition) is 6. The summed E-state index contributed by atoms with van der Waals surface area (Å²) in [7, 11) is 0. The molecule has 0 saturated carbocycles. The number of aromatic amines is 1.